The number of hydrogen-bond acceptors (Lipinski definition) is 2. The third-order valence-corrected chi connectivity index (χ3v) is 7.46. The smallest absolute Gasteiger partial charge is 0.141 e. The van der Waals surface area contributed by atoms with E-state index >= 15 is 0 Å². The summed E-state index contributed by atoms with van der Waals surface area (Å²) in [7, 11) is -0.876. The molecule has 0 N–H and O–H groups in total. The molecule has 1 saturated heterocycles. The van der Waals surface area contributed by atoms with Gasteiger partial charge in [-0.3, -0.25) is 4.21 Å². The molecule has 1 fully saturated rings. The SMILES string of the molecule is O=S1CCCSC1(c1ccccc1)c1ccccc1. The van der Waals surface area contributed by atoms with Gasteiger partial charge >= 0.3 is 0 Å². The van der Waals surface area contributed by atoms with Crippen LogP contribution in [0.5, 0.6) is 0 Å². The van der Waals surface area contributed by atoms with Gasteiger partial charge in [0.2, 0.25) is 0 Å². The lowest BCUT2D eigenvalue weighted by Crippen LogP contribution is -2.34. The molecule has 19 heavy (non-hydrogen) atoms. The van der Waals surface area contributed by atoms with Gasteiger partial charge in [-0.05, 0) is 23.3 Å². The molecule has 3 heteroatoms. The fraction of sp³-hybridized carbons (Fsp3) is 0.250. The minimum atomic E-state index is -0.876. The Bertz CT molecular complexity index is 526. The summed E-state index contributed by atoms with van der Waals surface area (Å²) >= 11 is 1.82. The molecule has 1 nitrogen and oxygen atoms in total. The predicted molar refractivity (Wildman–Crippen MR) is 83.7 cm³/mol. The molecule has 2 aromatic rings. The fourth-order valence-corrected chi connectivity index (χ4v) is 6.41. The molecule has 1 unspecified atom stereocenters. The van der Waals surface area contributed by atoms with Crippen LogP contribution in [-0.4, -0.2) is 15.7 Å². The molecule has 0 spiro atoms. The van der Waals surface area contributed by atoms with E-state index in [4.69, 9.17) is 0 Å². The lowest BCUT2D eigenvalue weighted by Gasteiger charge is -2.36. The van der Waals surface area contributed by atoms with Crippen molar-refractivity contribution in [3.05, 3.63) is 71.8 Å². The van der Waals surface area contributed by atoms with Gasteiger partial charge in [0.25, 0.3) is 0 Å². The summed E-state index contributed by atoms with van der Waals surface area (Å²) in [6.07, 6.45) is 1.04. The third-order valence-electron chi connectivity index (χ3n) is 3.41. The van der Waals surface area contributed by atoms with Crippen LogP contribution < -0.4 is 0 Å². The van der Waals surface area contributed by atoms with Gasteiger partial charge in [-0.15, -0.1) is 11.8 Å². The Morgan fingerprint density at radius 1 is 0.895 bits per heavy atom. The van der Waals surface area contributed by atoms with Crippen LogP contribution >= 0.6 is 11.8 Å². The summed E-state index contributed by atoms with van der Waals surface area (Å²) in [6.45, 7) is 0. The largest absolute Gasteiger partial charge is 0.257 e. The van der Waals surface area contributed by atoms with Crippen LogP contribution in [0.2, 0.25) is 0 Å². The van der Waals surface area contributed by atoms with Crippen LogP contribution in [0.3, 0.4) is 0 Å². The Kier molecular flexibility index (Phi) is 3.76. The normalized spacial score (nSPS) is 22.0. The fourth-order valence-electron chi connectivity index (χ4n) is 2.53. The lowest BCUT2D eigenvalue weighted by molar-refractivity contribution is 0.671. The van der Waals surface area contributed by atoms with E-state index in [1.165, 1.54) is 0 Å². The van der Waals surface area contributed by atoms with Crippen LogP contribution in [0, 0.1) is 0 Å². The lowest BCUT2D eigenvalue weighted by atomic mass is 10.0. The van der Waals surface area contributed by atoms with Crippen molar-refractivity contribution in [2.24, 2.45) is 0 Å². The third kappa shape index (κ3) is 2.26. The van der Waals surface area contributed by atoms with Crippen molar-refractivity contribution in [1.82, 2.24) is 0 Å². The second-order valence-corrected chi connectivity index (χ2v) is 7.88. The Morgan fingerprint density at radius 3 is 1.89 bits per heavy atom. The molecule has 1 heterocycles. The molecule has 1 atom stereocenters. The van der Waals surface area contributed by atoms with Crippen molar-refractivity contribution in [3.8, 4) is 0 Å². The van der Waals surface area contributed by atoms with Crippen molar-refractivity contribution >= 4 is 22.6 Å². The molecule has 98 valence electrons. The molecule has 1 aliphatic heterocycles. The van der Waals surface area contributed by atoms with Crippen molar-refractivity contribution < 1.29 is 4.21 Å². The van der Waals surface area contributed by atoms with Crippen LogP contribution in [0.1, 0.15) is 17.5 Å². The first-order valence-corrected chi connectivity index (χ1v) is 8.78. The minimum absolute atomic E-state index is 0.388. The van der Waals surface area contributed by atoms with Gasteiger partial charge in [-0.25, -0.2) is 0 Å². The Hall–Kier alpha value is -1.06. The molecule has 0 aromatic heterocycles. The summed E-state index contributed by atoms with van der Waals surface area (Å²) < 4.78 is 12.4. The molecule has 3 rings (SSSR count). The Labute approximate surface area is 120 Å². The molecule has 2 aromatic carbocycles. The standard InChI is InChI=1S/C16H16OS2/c17-19-13-7-12-18-16(19,14-8-3-1-4-9-14)15-10-5-2-6-11-15/h1-6,8-11H,7,12-13H2. The van der Waals surface area contributed by atoms with Crippen LogP contribution in [0.25, 0.3) is 0 Å². The first-order chi connectivity index (χ1) is 9.34. The zero-order chi connectivity index (χ0) is 13.1. The zero-order valence-electron chi connectivity index (χ0n) is 10.6. The average molecular weight is 288 g/mol. The van der Waals surface area contributed by atoms with Crippen LogP contribution in [0.4, 0.5) is 0 Å². The molecule has 0 aliphatic carbocycles. The molecule has 0 saturated carbocycles. The monoisotopic (exact) mass is 288 g/mol. The van der Waals surface area contributed by atoms with Crippen molar-refractivity contribution in [2.75, 3.05) is 11.5 Å². The highest BCUT2D eigenvalue weighted by atomic mass is 32.2. The summed E-state index contributed by atoms with van der Waals surface area (Å²) in [6, 6.07) is 20.6. The first kappa shape index (κ1) is 12.9. The summed E-state index contributed by atoms with van der Waals surface area (Å²) in [5.74, 6) is 1.85. The maximum Gasteiger partial charge on any atom is 0.141 e. The van der Waals surface area contributed by atoms with E-state index < -0.39 is 10.8 Å². The number of thioether (sulfide) groups is 1. The highest BCUT2D eigenvalue weighted by molar-refractivity contribution is 8.12. The van der Waals surface area contributed by atoms with Gasteiger partial charge in [0.15, 0.2) is 0 Å². The summed E-state index contributed by atoms with van der Waals surface area (Å²) in [5, 5.41) is 0. The van der Waals surface area contributed by atoms with Gasteiger partial charge < -0.3 is 0 Å². The van der Waals surface area contributed by atoms with Crippen LogP contribution in [-0.2, 0) is 14.9 Å². The Balaban J connectivity index is 2.19. The Morgan fingerprint density at radius 2 is 1.42 bits per heavy atom. The van der Waals surface area contributed by atoms with Gasteiger partial charge in [0.05, 0.1) is 0 Å². The maximum absolute atomic E-state index is 12.8. The molecule has 0 radical (unpaired) electrons. The van der Waals surface area contributed by atoms with E-state index in [1.807, 2.05) is 48.2 Å². The molecule has 0 amide bonds. The van der Waals surface area contributed by atoms with E-state index in [2.05, 4.69) is 24.3 Å². The molecule has 0 bridgehead atoms. The maximum atomic E-state index is 12.8. The van der Waals surface area contributed by atoms with Gasteiger partial charge in [-0.2, -0.15) is 0 Å². The van der Waals surface area contributed by atoms with E-state index in [1.54, 1.807) is 0 Å². The van der Waals surface area contributed by atoms with Crippen molar-refractivity contribution in [2.45, 2.75) is 10.5 Å². The number of rotatable bonds is 2. The number of benzene rings is 2. The van der Waals surface area contributed by atoms with E-state index in [0.29, 0.717) is 0 Å². The highest BCUT2D eigenvalue weighted by Gasteiger charge is 2.42. The molecule has 1 aliphatic rings. The topological polar surface area (TPSA) is 17.1 Å². The second-order valence-electron chi connectivity index (χ2n) is 4.60. The summed E-state index contributed by atoms with van der Waals surface area (Å²) in [5.41, 5.74) is 2.31. The zero-order valence-corrected chi connectivity index (χ0v) is 12.3. The predicted octanol–water partition coefficient (Wildman–Crippen LogP) is 3.77. The molecular weight excluding hydrogens is 272 g/mol. The van der Waals surface area contributed by atoms with Gasteiger partial charge in [0.1, 0.15) is 4.08 Å². The van der Waals surface area contributed by atoms with E-state index in [0.717, 1.165) is 29.1 Å². The highest BCUT2D eigenvalue weighted by Crippen LogP contribution is 2.48. The minimum Gasteiger partial charge on any atom is -0.257 e. The first-order valence-electron chi connectivity index (χ1n) is 6.47. The second kappa shape index (κ2) is 5.51. The molecular formula is C16H16OS2. The van der Waals surface area contributed by atoms with E-state index in [-0.39, 0.29) is 4.08 Å². The average Bonchev–Trinajstić information content (AvgIpc) is 2.50. The summed E-state index contributed by atoms with van der Waals surface area (Å²) in [4.78, 5) is 0. The van der Waals surface area contributed by atoms with Crippen molar-refractivity contribution in [1.29, 1.82) is 0 Å². The van der Waals surface area contributed by atoms with E-state index in [9.17, 15) is 4.21 Å². The van der Waals surface area contributed by atoms with Gasteiger partial charge in [0, 0.05) is 16.6 Å². The van der Waals surface area contributed by atoms with Crippen molar-refractivity contribution in [3.63, 3.8) is 0 Å². The number of hydrogen-bond donors (Lipinski definition) is 0. The van der Waals surface area contributed by atoms with Crippen LogP contribution in [0.15, 0.2) is 60.7 Å². The quantitative estimate of drug-likeness (QED) is 0.836. The van der Waals surface area contributed by atoms with Gasteiger partial charge in [-0.1, -0.05) is 60.7 Å².